The van der Waals surface area contributed by atoms with Crippen molar-refractivity contribution in [2.75, 3.05) is 13.2 Å². The zero-order valence-electron chi connectivity index (χ0n) is 16.1. The van der Waals surface area contributed by atoms with Gasteiger partial charge in [0.15, 0.2) is 5.69 Å². The van der Waals surface area contributed by atoms with Crippen LogP contribution in [0.15, 0.2) is 35.1 Å². The van der Waals surface area contributed by atoms with Gasteiger partial charge in [0.25, 0.3) is 5.56 Å². The molecular formula is C20H22N2O6. The van der Waals surface area contributed by atoms with Crippen molar-refractivity contribution in [3.05, 3.63) is 57.8 Å². The van der Waals surface area contributed by atoms with Gasteiger partial charge in [0.1, 0.15) is 11.4 Å². The molecule has 28 heavy (non-hydrogen) atoms. The first-order valence-electron chi connectivity index (χ1n) is 9.08. The fourth-order valence-electron chi connectivity index (χ4n) is 2.97. The molecule has 148 valence electrons. The lowest BCUT2D eigenvalue weighted by molar-refractivity contribution is -0.0228. The molecule has 1 aliphatic rings. The zero-order chi connectivity index (χ0) is 20.3. The van der Waals surface area contributed by atoms with E-state index >= 15 is 0 Å². The van der Waals surface area contributed by atoms with Crippen molar-refractivity contribution < 1.29 is 23.8 Å². The van der Waals surface area contributed by atoms with Crippen LogP contribution >= 0.6 is 0 Å². The monoisotopic (exact) mass is 386 g/mol. The van der Waals surface area contributed by atoms with Crippen LogP contribution in [0.1, 0.15) is 53.9 Å². The molecule has 0 saturated carbocycles. The number of carbonyl (C=O) groups excluding carboxylic acids is 2. The quantitative estimate of drug-likeness (QED) is 0.744. The van der Waals surface area contributed by atoms with Crippen LogP contribution in [-0.4, -0.2) is 34.7 Å². The fraction of sp³-hybridized carbons (Fsp3) is 0.400. The van der Waals surface area contributed by atoms with Crippen LogP contribution in [0.4, 0.5) is 0 Å². The fourth-order valence-corrected chi connectivity index (χ4v) is 2.97. The second-order valence-electron chi connectivity index (χ2n) is 6.76. The molecule has 8 heteroatoms. The Morgan fingerprint density at radius 2 is 1.93 bits per heavy atom. The minimum atomic E-state index is -0.890. The highest BCUT2D eigenvalue weighted by Crippen LogP contribution is 2.27. The predicted octanol–water partition coefficient (Wildman–Crippen LogP) is 2.29. The van der Waals surface area contributed by atoms with E-state index in [0.29, 0.717) is 19.6 Å². The van der Waals surface area contributed by atoms with Gasteiger partial charge in [0, 0.05) is 13.2 Å². The summed E-state index contributed by atoms with van der Waals surface area (Å²) in [7, 11) is 0. The van der Waals surface area contributed by atoms with Gasteiger partial charge in [0.05, 0.1) is 12.2 Å². The van der Waals surface area contributed by atoms with Crippen molar-refractivity contribution in [1.82, 2.24) is 9.55 Å². The molecule has 3 rings (SSSR count). The molecule has 0 fully saturated rings. The molecule has 0 aliphatic carbocycles. The van der Waals surface area contributed by atoms with Gasteiger partial charge in [-0.2, -0.15) is 0 Å². The molecule has 1 aromatic heterocycles. The topological polar surface area (TPSA) is 96.7 Å². The van der Waals surface area contributed by atoms with Crippen molar-refractivity contribution in [2.45, 2.75) is 39.3 Å². The van der Waals surface area contributed by atoms with Gasteiger partial charge in [-0.15, -0.1) is 0 Å². The number of hydrogen-bond donors (Lipinski definition) is 0. The van der Waals surface area contributed by atoms with Crippen molar-refractivity contribution in [1.29, 1.82) is 0 Å². The Morgan fingerprint density at radius 1 is 1.21 bits per heavy atom. The number of aromatic nitrogens is 2. The molecule has 0 unspecified atom stereocenters. The Bertz CT molecular complexity index is 949. The summed E-state index contributed by atoms with van der Waals surface area (Å²) >= 11 is 0. The highest BCUT2D eigenvalue weighted by Gasteiger charge is 2.34. The Balaban J connectivity index is 2.14. The SMILES string of the molecule is CCOC(=O)c1nc2n(c(=O)c1OC(=O)c1ccccc1)CCCOC2(C)C. The van der Waals surface area contributed by atoms with E-state index < -0.39 is 28.8 Å². The predicted molar refractivity (Wildman–Crippen MR) is 99.4 cm³/mol. The molecule has 0 spiro atoms. The summed E-state index contributed by atoms with van der Waals surface area (Å²) in [6, 6.07) is 8.20. The van der Waals surface area contributed by atoms with Gasteiger partial charge in [-0.05, 0) is 39.3 Å². The minimum Gasteiger partial charge on any atom is -0.461 e. The maximum Gasteiger partial charge on any atom is 0.361 e. The largest absolute Gasteiger partial charge is 0.461 e. The number of ether oxygens (including phenoxy) is 3. The van der Waals surface area contributed by atoms with Crippen molar-refractivity contribution >= 4 is 11.9 Å². The third-order valence-corrected chi connectivity index (χ3v) is 4.33. The van der Waals surface area contributed by atoms with Crippen molar-refractivity contribution in [3.63, 3.8) is 0 Å². The molecule has 0 saturated heterocycles. The molecule has 8 nitrogen and oxygen atoms in total. The standard InChI is InChI=1S/C20H22N2O6/c1-4-26-18(25)14-15(28-17(24)13-9-6-5-7-10-13)16(23)22-11-8-12-27-20(2,3)19(22)21-14/h5-7,9-10H,4,8,11-12H2,1-3H3. The van der Waals surface area contributed by atoms with Crippen LogP contribution < -0.4 is 10.3 Å². The van der Waals surface area contributed by atoms with Crippen LogP contribution in [0.3, 0.4) is 0 Å². The first-order valence-corrected chi connectivity index (χ1v) is 9.08. The van der Waals surface area contributed by atoms with E-state index in [1.54, 1.807) is 51.1 Å². The molecule has 1 aromatic carbocycles. The average Bonchev–Trinajstić information content (AvgIpc) is 2.82. The lowest BCUT2D eigenvalue weighted by Crippen LogP contribution is -2.36. The second-order valence-corrected chi connectivity index (χ2v) is 6.76. The molecule has 1 aliphatic heterocycles. The van der Waals surface area contributed by atoms with E-state index in [0.717, 1.165) is 0 Å². The van der Waals surface area contributed by atoms with Gasteiger partial charge >= 0.3 is 11.9 Å². The summed E-state index contributed by atoms with van der Waals surface area (Å²) < 4.78 is 17.5. The highest BCUT2D eigenvalue weighted by molar-refractivity contribution is 5.94. The minimum absolute atomic E-state index is 0.0882. The number of benzene rings is 1. The molecule has 2 heterocycles. The number of nitrogens with zero attached hydrogens (tertiary/aromatic N) is 2. The molecule has 0 radical (unpaired) electrons. The lowest BCUT2D eigenvalue weighted by Gasteiger charge is -2.25. The van der Waals surface area contributed by atoms with Crippen LogP contribution in [0.5, 0.6) is 5.75 Å². The number of fused-ring (bicyclic) bond motifs is 1. The van der Waals surface area contributed by atoms with E-state index in [1.165, 1.54) is 4.57 Å². The number of hydrogen-bond acceptors (Lipinski definition) is 7. The number of rotatable bonds is 4. The number of carbonyl (C=O) groups is 2. The summed E-state index contributed by atoms with van der Waals surface area (Å²) in [5, 5.41) is 0. The molecule has 0 bridgehead atoms. The molecule has 0 N–H and O–H groups in total. The van der Waals surface area contributed by atoms with E-state index in [1.807, 2.05) is 0 Å². The van der Waals surface area contributed by atoms with Gasteiger partial charge in [-0.3, -0.25) is 9.36 Å². The molecule has 0 amide bonds. The first kappa shape index (κ1) is 19.8. The van der Waals surface area contributed by atoms with E-state index in [4.69, 9.17) is 14.2 Å². The van der Waals surface area contributed by atoms with Crippen molar-refractivity contribution in [2.24, 2.45) is 0 Å². The average molecular weight is 386 g/mol. The summed E-state index contributed by atoms with van der Waals surface area (Å²) in [4.78, 5) is 42.4. The Labute approximate surface area is 162 Å². The zero-order valence-corrected chi connectivity index (χ0v) is 16.1. The van der Waals surface area contributed by atoms with Gasteiger partial charge in [-0.1, -0.05) is 18.2 Å². The Kier molecular flexibility index (Phi) is 5.60. The Morgan fingerprint density at radius 3 is 2.61 bits per heavy atom. The third-order valence-electron chi connectivity index (χ3n) is 4.33. The Hall–Kier alpha value is -3.00. The normalized spacial score (nSPS) is 15.2. The molecule has 2 aromatic rings. The van der Waals surface area contributed by atoms with Gasteiger partial charge in [0.2, 0.25) is 5.75 Å². The maximum absolute atomic E-state index is 13.1. The summed E-state index contributed by atoms with van der Waals surface area (Å²) in [6.07, 6.45) is 0.586. The van der Waals surface area contributed by atoms with Crippen LogP contribution in [0, 0.1) is 0 Å². The van der Waals surface area contributed by atoms with E-state index in [-0.39, 0.29) is 23.7 Å². The van der Waals surface area contributed by atoms with Gasteiger partial charge < -0.3 is 14.2 Å². The van der Waals surface area contributed by atoms with Crippen LogP contribution in [-0.2, 0) is 21.6 Å². The molecule has 0 atom stereocenters. The first-order chi connectivity index (χ1) is 13.3. The lowest BCUT2D eigenvalue weighted by atomic mass is 10.1. The van der Waals surface area contributed by atoms with Gasteiger partial charge in [-0.25, -0.2) is 14.6 Å². The number of esters is 2. The summed E-state index contributed by atoms with van der Waals surface area (Å²) in [5.41, 5.74) is -1.59. The molecular weight excluding hydrogens is 364 g/mol. The van der Waals surface area contributed by atoms with Crippen LogP contribution in [0.2, 0.25) is 0 Å². The second kappa shape index (κ2) is 7.93. The summed E-state index contributed by atoms with van der Waals surface area (Å²) in [6.45, 7) is 6.03. The summed E-state index contributed by atoms with van der Waals surface area (Å²) in [5.74, 6) is -1.74. The van der Waals surface area contributed by atoms with Crippen molar-refractivity contribution in [3.8, 4) is 5.75 Å². The highest BCUT2D eigenvalue weighted by atomic mass is 16.6. The van der Waals surface area contributed by atoms with Crippen LogP contribution in [0.25, 0.3) is 0 Å². The van der Waals surface area contributed by atoms with E-state index in [2.05, 4.69) is 4.98 Å². The third kappa shape index (κ3) is 3.82. The van der Waals surface area contributed by atoms with E-state index in [9.17, 15) is 14.4 Å². The smallest absolute Gasteiger partial charge is 0.361 e. The maximum atomic E-state index is 13.1.